The van der Waals surface area contributed by atoms with Crippen LogP contribution in [-0.4, -0.2) is 60.9 Å². The molecule has 204 valence electrons. The van der Waals surface area contributed by atoms with E-state index in [9.17, 15) is 9.59 Å². The monoisotopic (exact) mass is 618 g/mol. The number of alkyl halides is 1. The first-order valence-corrected chi connectivity index (χ1v) is 13.3. The summed E-state index contributed by atoms with van der Waals surface area (Å²) in [5.74, 6) is -0.337. The number of esters is 2. The van der Waals surface area contributed by atoms with Crippen LogP contribution in [-0.2, 0) is 19.1 Å². The summed E-state index contributed by atoms with van der Waals surface area (Å²) in [6.45, 7) is 26.6. The van der Waals surface area contributed by atoms with Crippen LogP contribution in [0.2, 0.25) is 0 Å². The van der Waals surface area contributed by atoms with Crippen molar-refractivity contribution in [1.29, 1.82) is 0 Å². The quantitative estimate of drug-likeness (QED) is 0.184. The second-order valence-electron chi connectivity index (χ2n) is 9.12. The summed E-state index contributed by atoms with van der Waals surface area (Å²) in [6.07, 6.45) is 2.18. The summed E-state index contributed by atoms with van der Waals surface area (Å²) < 4.78 is 9.13. The van der Waals surface area contributed by atoms with Gasteiger partial charge in [0.15, 0.2) is 0 Å². The molecule has 0 unspecified atom stereocenters. The summed E-state index contributed by atoms with van der Waals surface area (Å²) in [6, 6.07) is 0. The number of carbonyl (C=O) groups is 2. The van der Waals surface area contributed by atoms with Gasteiger partial charge < -0.3 is 20.1 Å². The molecule has 0 aliphatic carbocycles. The minimum absolute atomic E-state index is 0. The maximum atomic E-state index is 11.6. The van der Waals surface area contributed by atoms with Crippen molar-refractivity contribution in [3.8, 4) is 0 Å². The van der Waals surface area contributed by atoms with E-state index < -0.39 is 9.07 Å². The molecule has 0 radical (unpaired) electrons. The van der Waals surface area contributed by atoms with Gasteiger partial charge >= 0.3 is 63.3 Å². The molecule has 0 amide bonds. The van der Waals surface area contributed by atoms with Crippen LogP contribution in [0.4, 0.5) is 0 Å². The Bertz CT molecular complexity index is 491. The van der Waals surface area contributed by atoms with Crippen molar-refractivity contribution >= 4 is 52.3 Å². The van der Waals surface area contributed by atoms with E-state index in [0.717, 1.165) is 12.8 Å². The Morgan fingerprint density at radius 2 is 1.12 bits per heavy atom. The van der Waals surface area contributed by atoms with Gasteiger partial charge in [-0.15, -0.1) is 11.8 Å². The van der Waals surface area contributed by atoms with Crippen molar-refractivity contribution in [2.24, 2.45) is 0 Å². The number of carbonyl (C=O) groups excluding carboxylic acids is 2. The summed E-state index contributed by atoms with van der Waals surface area (Å²) in [5.41, 5.74) is 0. The van der Waals surface area contributed by atoms with Crippen molar-refractivity contribution in [3.63, 3.8) is 0 Å². The van der Waals surface area contributed by atoms with Gasteiger partial charge in [-0.1, -0.05) is 57.5 Å². The summed E-state index contributed by atoms with van der Waals surface area (Å²) >= 11 is 9.10. The van der Waals surface area contributed by atoms with Crippen LogP contribution in [0.25, 0.3) is 0 Å². The summed E-state index contributed by atoms with van der Waals surface area (Å²) in [4.78, 5) is 22.4. The van der Waals surface area contributed by atoms with Gasteiger partial charge in [-0.3, -0.25) is 9.59 Å². The van der Waals surface area contributed by atoms with Gasteiger partial charge in [-0.25, -0.2) is 0 Å². The predicted molar refractivity (Wildman–Crippen MR) is 150 cm³/mol. The van der Waals surface area contributed by atoms with E-state index in [1.54, 1.807) is 39.5 Å². The zero-order valence-corrected chi connectivity index (χ0v) is 30.7. The topological polar surface area (TPSA) is 103 Å². The normalized spacial score (nSPS) is 10.8. The maximum absolute atomic E-state index is 11.6. The van der Waals surface area contributed by atoms with Gasteiger partial charge in [0.2, 0.25) is 0 Å². The molecule has 34 heavy (non-hydrogen) atoms. The van der Waals surface area contributed by atoms with E-state index >= 15 is 0 Å². The van der Waals surface area contributed by atoms with Crippen molar-refractivity contribution < 1.29 is 81.0 Å². The first kappa shape index (κ1) is 48.7. The van der Waals surface area contributed by atoms with Crippen LogP contribution in [0.5, 0.6) is 0 Å². The van der Waals surface area contributed by atoms with E-state index in [-0.39, 0.29) is 84.9 Å². The molecular formula is C24H52BrKO6S2. The van der Waals surface area contributed by atoms with E-state index in [1.807, 2.05) is 20.8 Å². The molecule has 0 saturated carbocycles. The largest absolute Gasteiger partial charge is 1.00 e. The van der Waals surface area contributed by atoms with E-state index in [4.69, 9.17) is 14.6 Å². The van der Waals surface area contributed by atoms with Crippen LogP contribution in [0.15, 0.2) is 0 Å². The number of halogens is 1. The number of rotatable bonds is 8. The molecule has 0 aliphatic heterocycles. The number of ether oxygens (including phenoxy) is 2. The molecule has 0 aromatic heterocycles. The molecule has 6 nitrogen and oxygen atoms in total. The number of aliphatic hydroxyl groups excluding tert-OH is 1. The van der Waals surface area contributed by atoms with Crippen LogP contribution < -0.4 is 51.4 Å². The molecule has 0 fully saturated rings. The van der Waals surface area contributed by atoms with Crippen LogP contribution in [0.3, 0.4) is 0 Å². The van der Waals surface area contributed by atoms with Gasteiger partial charge in [0.25, 0.3) is 0 Å². The SMILES string of the molecule is CCC(C)(C)S.CCO.CCOC(=O)C(C)(C)Br.CCOC(=O)C(C)(C)SC(C)(C)CC.[K+].[OH-]. The molecule has 0 aromatic carbocycles. The third-order valence-corrected chi connectivity index (χ3v) is 5.93. The minimum atomic E-state index is -0.539. The molecule has 0 aliphatic rings. The average Bonchev–Trinajstić information content (AvgIpc) is 2.62. The molecule has 0 bridgehead atoms. The molecule has 0 spiro atoms. The molecule has 10 heteroatoms. The Morgan fingerprint density at radius 1 is 0.824 bits per heavy atom. The Morgan fingerprint density at radius 3 is 1.29 bits per heavy atom. The van der Waals surface area contributed by atoms with Gasteiger partial charge in [-0.05, 0) is 61.3 Å². The third kappa shape index (κ3) is 35.8. The van der Waals surface area contributed by atoms with Crippen molar-refractivity contribution in [1.82, 2.24) is 0 Å². The predicted octanol–water partition coefficient (Wildman–Crippen LogP) is 3.90. The number of thiol groups is 1. The van der Waals surface area contributed by atoms with Gasteiger partial charge in [0, 0.05) is 16.1 Å². The van der Waals surface area contributed by atoms with E-state index in [0.29, 0.717) is 13.2 Å². The van der Waals surface area contributed by atoms with Gasteiger partial charge in [0.05, 0.1) is 13.2 Å². The van der Waals surface area contributed by atoms with Gasteiger partial charge in [0.1, 0.15) is 9.07 Å². The molecule has 0 rings (SSSR count). The van der Waals surface area contributed by atoms with Crippen molar-refractivity contribution in [3.05, 3.63) is 0 Å². The first-order chi connectivity index (χ1) is 14.2. The Hall–Kier alpha value is 1.68. The Labute approximate surface area is 271 Å². The molecule has 0 aromatic rings. The molecular weight excluding hydrogens is 567 g/mol. The minimum Gasteiger partial charge on any atom is -0.870 e. The maximum Gasteiger partial charge on any atom is 1.00 e. The Balaban J connectivity index is -0.0000000849. The van der Waals surface area contributed by atoms with Crippen LogP contribution >= 0.6 is 40.3 Å². The second kappa shape index (κ2) is 25.0. The number of hydrogen-bond donors (Lipinski definition) is 2. The van der Waals surface area contributed by atoms with Crippen LogP contribution in [0, 0.1) is 0 Å². The smallest absolute Gasteiger partial charge is 0.870 e. The molecule has 2 N–H and O–H groups in total. The fourth-order valence-corrected chi connectivity index (χ4v) is 3.19. The summed E-state index contributed by atoms with van der Waals surface area (Å²) in [7, 11) is 0. The number of aliphatic hydroxyl groups is 1. The number of thioether (sulfide) groups is 1. The molecule has 0 saturated heterocycles. The number of hydrogen-bond acceptors (Lipinski definition) is 8. The molecule has 0 heterocycles. The van der Waals surface area contributed by atoms with Crippen molar-refractivity contribution in [2.75, 3.05) is 19.8 Å². The first-order valence-electron chi connectivity index (χ1n) is 11.3. The second-order valence-corrected chi connectivity index (χ2v) is 14.6. The fourth-order valence-electron chi connectivity index (χ4n) is 1.41. The van der Waals surface area contributed by atoms with Gasteiger partial charge in [-0.2, -0.15) is 12.6 Å². The van der Waals surface area contributed by atoms with Crippen molar-refractivity contribution in [2.45, 2.75) is 121 Å². The van der Waals surface area contributed by atoms with E-state index in [1.165, 1.54) is 0 Å². The zero-order chi connectivity index (χ0) is 26.8. The van der Waals surface area contributed by atoms with Crippen LogP contribution in [0.1, 0.15) is 103 Å². The standard InChI is InChI=1S/C11H22O2S.C6H11BrO2.C5H12S.C2H6O.K.H2O/c1-7-10(3,4)14-11(5,6)9(12)13-8-2;1-4-9-5(8)6(2,3)7;1-4-5(2,3)6;1-2-3;;/h7-8H2,1-6H3;4H2,1-3H3;6H,4H2,1-3H3;3H,2H2,1H3;;1H2/q;;;;+1;/p-1. The zero-order valence-electron chi connectivity index (χ0n) is 24.3. The average molecular weight is 620 g/mol. The third-order valence-electron chi connectivity index (χ3n) is 3.78. The Kier molecular flexibility index (Phi) is 35.8. The molecule has 0 atom stereocenters. The fraction of sp³-hybridized carbons (Fsp3) is 0.917. The van der Waals surface area contributed by atoms with E-state index in [2.05, 4.69) is 70.1 Å². The summed E-state index contributed by atoms with van der Waals surface area (Å²) in [5, 5.41) is 7.57.